The second-order valence-electron chi connectivity index (χ2n) is 4.11. The van der Waals surface area contributed by atoms with Crippen LogP contribution in [0, 0.1) is 11.7 Å². The highest BCUT2D eigenvalue weighted by Gasteiger charge is 2.06. The largest absolute Gasteiger partial charge is 0.329 e. The monoisotopic (exact) mass is 267 g/mol. The van der Waals surface area contributed by atoms with E-state index in [2.05, 4.69) is 27.7 Å². The van der Waals surface area contributed by atoms with Gasteiger partial charge in [0.25, 0.3) is 0 Å². The summed E-state index contributed by atoms with van der Waals surface area (Å²) in [4.78, 5) is 7.67. The Bertz CT molecular complexity index is 556. The van der Waals surface area contributed by atoms with Crippen LogP contribution >= 0.6 is 24.0 Å². The molecule has 0 amide bonds. The van der Waals surface area contributed by atoms with Gasteiger partial charge in [-0.1, -0.05) is 0 Å². The number of fused-ring (bicyclic) bond motifs is 1. The Morgan fingerprint density at radius 1 is 1.47 bits per heavy atom. The molecule has 0 atom stereocenters. The Morgan fingerprint density at radius 2 is 2.29 bits per heavy atom. The summed E-state index contributed by atoms with van der Waals surface area (Å²) in [5, 5.41) is 0. The lowest BCUT2D eigenvalue weighted by Crippen LogP contribution is -1.99. The van der Waals surface area contributed by atoms with Crippen LogP contribution in [0.5, 0.6) is 0 Å². The highest BCUT2D eigenvalue weighted by Crippen LogP contribution is 2.16. The van der Waals surface area contributed by atoms with Crippen LogP contribution in [-0.2, 0) is 6.54 Å². The number of aryl methyl sites for hydroxylation is 2. The molecule has 0 bridgehead atoms. The number of unbranched alkanes of at least 4 members (excludes halogenated alkanes) is 1. The van der Waals surface area contributed by atoms with Gasteiger partial charge in [-0.05, 0) is 55.6 Å². The van der Waals surface area contributed by atoms with E-state index in [-0.39, 0.29) is 0 Å². The van der Waals surface area contributed by atoms with E-state index in [4.69, 9.17) is 12.2 Å². The second-order valence-corrected chi connectivity index (χ2v) is 5.48. The quantitative estimate of drug-likeness (QED) is 0.664. The van der Waals surface area contributed by atoms with Crippen LogP contribution in [0.25, 0.3) is 11.2 Å². The Labute approximate surface area is 111 Å². The maximum absolute atomic E-state index is 5.35. The summed E-state index contributed by atoms with van der Waals surface area (Å²) in [5.74, 6) is 1.21. The van der Waals surface area contributed by atoms with E-state index in [1.807, 2.05) is 24.0 Å². The minimum atomic E-state index is 0.783. The maximum Gasteiger partial charge on any atom is 0.179 e. The summed E-state index contributed by atoms with van der Waals surface area (Å²) in [5.41, 5.74) is 3.26. The Kier molecular flexibility index (Phi) is 4.23. The van der Waals surface area contributed by atoms with Gasteiger partial charge < -0.3 is 9.55 Å². The van der Waals surface area contributed by atoms with Crippen molar-refractivity contribution in [1.82, 2.24) is 14.5 Å². The molecule has 0 aliphatic carbocycles. The predicted octanol–water partition coefficient (Wildman–Crippen LogP) is 3.55. The molecular weight excluding hydrogens is 250 g/mol. The number of aromatic amines is 1. The molecule has 3 nitrogen and oxygen atoms in total. The number of H-pyrrole nitrogens is 1. The third-order valence-corrected chi connectivity index (χ3v) is 3.87. The topological polar surface area (TPSA) is 33.6 Å². The van der Waals surface area contributed by atoms with Crippen molar-refractivity contribution in [2.24, 2.45) is 0 Å². The predicted molar refractivity (Wildman–Crippen MR) is 77.3 cm³/mol. The first-order valence-corrected chi connectivity index (χ1v) is 7.57. The average molecular weight is 267 g/mol. The summed E-state index contributed by atoms with van der Waals surface area (Å²) < 4.78 is 2.89. The zero-order chi connectivity index (χ0) is 12.3. The van der Waals surface area contributed by atoms with E-state index < -0.39 is 0 Å². The molecule has 5 heteroatoms. The van der Waals surface area contributed by atoms with Crippen molar-refractivity contribution in [3.8, 4) is 0 Å². The number of nitrogens with zero attached hydrogens (tertiary/aromatic N) is 2. The summed E-state index contributed by atoms with van der Waals surface area (Å²) >= 11 is 7.24. The first-order valence-electron chi connectivity index (χ1n) is 5.77. The van der Waals surface area contributed by atoms with Gasteiger partial charge in [0.05, 0.1) is 5.52 Å². The summed E-state index contributed by atoms with van der Waals surface area (Å²) in [6.07, 6.45) is 6.36. The second kappa shape index (κ2) is 5.69. The molecule has 0 aliphatic rings. The molecule has 2 rings (SSSR count). The first kappa shape index (κ1) is 12.6. The summed E-state index contributed by atoms with van der Waals surface area (Å²) in [7, 11) is 0. The first-order chi connectivity index (χ1) is 8.24. The molecule has 2 aromatic rings. The smallest absolute Gasteiger partial charge is 0.179 e. The lowest BCUT2D eigenvalue weighted by atomic mass is 10.3. The van der Waals surface area contributed by atoms with Crippen LogP contribution in [0.4, 0.5) is 0 Å². The molecule has 2 aromatic heterocycles. The fraction of sp³-hybridized carbons (Fsp3) is 0.500. The number of hydrogen-bond acceptors (Lipinski definition) is 3. The molecule has 0 unspecified atom stereocenters. The molecule has 0 saturated carbocycles. The lowest BCUT2D eigenvalue weighted by molar-refractivity contribution is 0.639. The number of nitrogens with one attached hydrogen (secondary N) is 1. The van der Waals surface area contributed by atoms with E-state index >= 15 is 0 Å². The molecule has 2 heterocycles. The van der Waals surface area contributed by atoms with Crippen molar-refractivity contribution in [3.63, 3.8) is 0 Å². The third kappa shape index (κ3) is 2.72. The van der Waals surface area contributed by atoms with Gasteiger partial charge in [0, 0.05) is 12.7 Å². The van der Waals surface area contributed by atoms with Crippen molar-refractivity contribution < 1.29 is 0 Å². The van der Waals surface area contributed by atoms with Crippen LogP contribution < -0.4 is 0 Å². The summed E-state index contributed by atoms with van der Waals surface area (Å²) in [6, 6.07) is 2.01. The van der Waals surface area contributed by atoms with Gasteiger partial charge >= 0.3 is 0 Å². The molecule has 0 aliphatic heterocycles. The Hall–Kier alpha value is -0.810. The van der Waals surface area contributed by atoms with Gasteiger partial charge in [-0.25, -0.2) is 4.98 Å². The van der Waals surface area contributed by atoms with Crippen molar-refractivity contribution in [3.05, 3.63) is 22.6 Å². The molecule has 92 valence electrons. The zero-order valence-electron chi connectivity index (χ0n) is 10.2. The zero-order valence-corrected chi connectivity index (χ0v) is 11.8. The van der Waals surface area contributed by atoms with Crippen molar-refractivity contribution in [1.29, 1.82) is 0 Å². The van der Waals surface area contributed by atoms with Crippen molar-refractivity contribution in [2.45, 2.75) is 26.3 Å². The minimum absolute atomic E-state index is 0.783. The number of imidazole rings is 1. The van der Waals surface area contributed by atoms with E-state index in [9.17, 15) is 0 Å². The van der Waals surface area contributed by atoms with E-state index in [0.29, 0.717) is 0 Å². The standard InChI is InChI=1S/C12H17N3S2/c1-9-5-6-13-11-10(9)14-12(16)15(11)7-3-4-8-17-2/h5-6H,3-4,7-8H2,1-2H3,(H,14,16). The van der Waals surface area contributed by atoms with Crippen molar-refractivity contribution in [2.75, 3.05) is 12.0 Å². The Balaban J connectivity index is 2.25. The molecule has 0 fully saturated rings. The molecular formula is C12H17N3S2. The normalized spacial score (nSPS) is 11.2. The minimum Gasteiger partial charge on any atom is -0.329 e. The fourth-order valence-electron chi connectivity index (χ4n) is 1.90. The van der Waals surface area contributed by atoms with Gasteiger partial charge in [-0.3, -0.25) is 0 Å². The number of rotatable bonds is 5. The number of thioether (sulfide) groups is 1. The van der Waals surface area contributed by atoms with Gasteiger partial charge in [-0.15, -0.1) is 0 Å². The average Bonchev–Trinajstić information content (AvgIpc) is 2.63. The van der Waals surface area contributed by atoms with Gasteiger partial charge in [0.15, 0.2) is 10.4 Å². The Morgan fingerprint density at radius 3 is 3.06 bits per heavy atom. The molecule has 17 heavy (non-hydrogen) atoms. The van der Waals surface area contributed by atoms with Crippen LogP contribution in [-0.4, -0.2) is 26.5 Å². The summed E-state index contributed by atoms with van der Waals surface area (Å²) in [6.45, 7) is 3.03. The van der Waals surface area contributed by atoms with Gasteiger partial charge in [0.2, 0.25) is 0 Å². The lowest BCUT2D eigenvalue weighted by Gasteiger charge is -2.03. The molecule has 0 radical (unpaired) electrons. The van der Waals surface area contributed by atoms with E-state index in [1.165, 1.54) is 17.7 Å². The molecule has 1 N–H and O–H groups in total. The SMILES string of the molecule is CSCCCCn1c(=S)[nH]c2c(C)ccnc21. The number of pyridine rings is 1. The van der Waals surface area contributed by atoms with Crippen LogP contribution in [0.3, 0.4) is 0 Å². The van der Waals surface area contributed by atoms with Gasteiger partial charge in [0.1, 0.15) is 0 Å². The number of aromatic nitrogens is 3. The van der Waals surface area contributed by atoms with Gasteiger partial charge in [-0.2, -0.15) is 11.8 Å². The number of hydrogen-bond donors (Lipinski definition) is 1. The third-order valence-electron chi connectivity index (χ3n) is 2.85. The molecule has 0 aromatic carbocycles. The molecule has 0 spiro atoms. The van der Waals surface area contributed by atoms with Crippen LogP contribution in [0.2, 0.25) is 0 Å². The van der Waals surface area contributed by atoms with Crippen LogP contribution in [0.1, 0.15) is 18.4 Å². The maximum atomic E-state index is 5.35. The van der Waals surface area contributed by atoms with Crippen molar-refractivity contribution >= 4 is 35.1 Å². The fourth-order valence-corrected chi connectivity index (χ4v) is 2.67. The highest BCUT2D eigenvalue weighted by molar-refractivity contribution is 7.98. The van der Waals surface area contributed by atoms with E-state index in [1.54, 1.807) is 0 Å². The molecule has 0 saturated heterocycles. The highest BCUT2D eigenvalue weighted by atomic mass is 32.2. The van der Waals surface area contributed by atoms with E-state index in [0.717, 1.165) is 28.9 Å². The van der Waals surface area contributed by atoms with Crippen LogP contribution in [0.15, 0.2) is 12.3 Å².